The van der Waals surface area contributed by atoms with Crippen molar-refractivity contribution in [1.82, 2.24) is 10.7 Å². The molecule has 0 amide bonds. The zero-order chi connectivity index (χ0) is 11.8. The highest BCUT2D eigenvalue weighted by Crippen LogP contribution is 2.13. The number of nitrogens with zero attached hydrogens (tertiary/aromatic N) is 1. The number of hydrogen-bond acceptors (Lipinski definition) is 3. The van der Waals surface area contributed by atoms with E-state index in [2.05, 4.69) is 34.2 Å². The molecule has 0 heterocycles. The van der Waals surface area contributed by atoms with Gasteiger partial charge in [-0.25, -0.2) is 0 Å². The molecule has 2 N–H and O–H groups in total. The summed E-state index contributed by atoms with van der Waals surface area (Å²) in [4.78, 5) is 1.24. The molecule has 0 aliphatic carbocycles. The van der Waals surface area contributed by atoms with Crippen molar-refractivity contribution in [2.45, 2.75) is 11.8 Å². The van der Waals surface area contributed by atoms with Crippen LogP contribution in [0.4, 0.5) is 0 Å². The standard InChI is InChI=1S/C11H15N3S2/c1-3-12-11(15)14-13-8-9-4-6-10(16-2)7-5-9/h4-8H,3H2,1-2H3,(H2,12,14,15)/b13-8-. The summed E-state index contributed by atoms with van der Waals surface area (Å²) in [6.07, 6.45) is 3.80. The smallest absolute Gasteiger partial charge is 0.186 e. The molecule has 0 aliphatic rings. The lowest BCUT2D eigenvalue weighted by atomic mass is 10.2. The van der Waals surface area contributed by atoms with Gasteiger partial charge in [0, 0.05) is 11.4 Å². The van der Waals surface area contributed by atoms with Gasteiger partial charge in [0.05, 0.1) is 6.21 Å². The van der Waals surface area contributed by atoms with Gasteiger partial charge < -0.3 is 5.32 Å². The predicted octanol–water partition coefficient (Wildman–Crippen LogP) is 2.23. The Morgan fingerprint density at radius 3 is 2.69 bits per heavy atom. The summed E-state index contributed by atoms with van der Waals surface area (Å²) in [5, 5.41) is 7.52. The molecule has 0 saturated heterocycles. The molecule has 0 radical (unpaired) electrons. The zero-order valence-electron chi connectivity index (χ0n) is 9.36. The summed E-state index contributed by atoms with van der Waals surface area (Å²) in [6, 6.07) is 8.17. The molecule has 0 aromatic heterocycles. The summed E-state index contributed by atoms with van der Waals surface area (Å²) in [6.45, 7) is 2.78. The second-order valence-corrected chi connectivity index (χ2v) is 4.29. The monoisotopic (exact) mass is 253 g/mol. The minimum Gasteiger partial charge on any atom is -0.362 e. The van der Waals surface area contributed by atoms with Crippen molar-refractivity contribution in [3.63, 3.8) is 0 Å². The average molecular weight is 253 g/mol. The summed E-state index contributed by atoms with van der Waals surface area (Å²) < 4.78 is 0. The zero-order valence-corrected chi connectivity index (χ0v) is 11.0. The van der Waals surface area contributed by atoms with Gasteiger partial charge in [-0.1, -0.05) is 12.1 Å². The van der Waals surface area contributed by atoms with Crippen LogP contribution in [0.25, 0.3) is 0 Å². The van der Waals surface area contributed by atoms with Gasteiger partial charge in [-0.05, 0) is 43.1 Å². The van der Waals surface area contributed by atoms with Crippen molar-refractivity contribution in [1.29, 1.82) is 0 Å². The molecule has 0 spiro atoms. The van der Waals surface area contributed by atoms with Crippen LogP contribution in [-0.2, 0) is 0 Å². The number of hydrazone groups is 1. The van der Waals surface area contributed by atoms with Crippen LogP contribution in [0.1, 0.15) is 12.5 Å². The first kappa shape index (κ1) is 13.0. The highest BCUT2D eigenvalue weighted by molar-refractivity contribution is 7.98. The van der Waals surface area contributed by atoms with Crippen LogP contribution in [-0.4, -0.2) is 24.1 Å². The molecule has 0 saturated carbocycles. The first-order valence-electron chi connectivity index (χ1n) is 4.97. The van der Waals surface area contributed by atoms with Gasteiger partial charge in [-0.3, -0.25) is 5.43 Å². The number of benzene rings is 1. The van der Waals surface area contributed by atoms with Gasteiger partial charge in [-0.15, -0.1) is 11.8 Å². The Kier molecular flexibility index (Phi) is 5.88. The minimum atomic E-state index is 0.541. The lowest BCUT2D eigenvalue weighted by Crippen LogP contribution is -2.31. The van der Waals surface area contributed by atoms with Crippen LogP contribution in [0.15, 0.2) is 34.3 Å². The van der Waals surface area contributed by atoms with Crippen molar-refractivity contribution >= 4 is 35.3 Å². The van der Waals surface area contributed by atoms with E-state index >= 15 is 0 Å². The van der Waals surface area contributed by atoms with Crippen LogP contribution in [0, 0.1) is 0 Å². The summed E-state index contributed by atoms with van der Waals surface area (Å²) in [5.41, 5.74) is 3.79. The summed E-state index contributed by atoms with van der Waals surface area (Å²) in [7, 11) is 0. The van der Waals surface area contributed by atoms with Gasteiger partial charge in [0.25, 0.3) is 0 Å². The molecule has 1 aromatic carbocycles. The second kappa shape index (κ2) is 7.24. The van der Waals surface area contributed by atoms with Crippen LogP contribution < -0.4 is 10.7 Å². The van der Waals surface area contributed by atoms with E-state index in [1.54, 1.807) is 18.0 Å². The van der Waals surface area contributed by atoms with E-state index in [1.807, 2.05) is 19.1 Å². The number of nitrogens with one attached hydrogen (secondary N) is 2. The molecule has 86 valence electrons. The van der Waals surface area contributed by atoms with E-state index in [-0.39, 0.29) is 0 Å². The van der Waals surface area contributed by atoms with E-state index in [1.165, 1.54) is 4.90 Å². The van der Waals surface area contributed by atoms with Crippen LogP contribution >= 0.6 is 24.0 Å². The van der Waals surface area contributed by atoms with Crippen molar-refractivity contribution in [3.8, 4) is 0 Å². The summed E-state index contributed by atoms with van der Waals surface area (Å²) >= 11 is 6.69. The molecule has 0 unspecified atom stereocenters. The maximum atomic E-state index is 4.97. The Morgan fingerprint density at radius 1 is 1.44 bits per heavy atom. The highest BCUT2D eigenvalue weighted by atomic mass is 32.2. The van der Waals surface area contributed by atoms with Gasteiger partial charge in [0.2, 0.25) is 0 Å². The van der Waals surface area contributed by atoms with Crippen LogP contribution in [0.5, 0.6) is 0 Å². The maximum absolute atomic E-state index is 4.97. The first-order chi connectivity index (χ1) is 7.76. The summed E-state index contributed by atoms with van der Waals surface area (Å²) in [5.74, 6) is 0. The molecular formula is C11H15N3S2. The van der Waals surface area contributed by atoms with E-state index in [4.69, 9.17) is 12.2 Å². The van der Waals surface area contributed by atoms with E-state index < -0.39 is 0 Å². The Morgan fingerprint density at radius 2 is 2.12 bits per heavy atom. The number of rotatable bonds is 4. The third kappa shape index (κ3) is 4.63. The van der Waals surface area contributed by atoms with E-state index in [0.717, 1.165) is 12.1 Å². The predicted molar refractivity (Wildman–Crippen MR) is 75.2 cm³/mol. The Labute approximate surface area is 106 Å². The van der Waals surface area contributed by atoms with Crippen LogP contribution in [0.2, 0.25) is 0 Å². The fourth-order valence-corrected chi connectivity index (χ4v) is 1.66. The number of hydrogen-bond donors (Lipinski definition) is 2. The van der Waals surface area contributed by atoms with Gasteiger partial charge in [-0.2, -0.15) is 5.10 Å². The fraction of sp³-hybridized carbons (Fsp3) is 0.273. The molecule has 1 rings (SSSR count). The lowest BCUT2D eigenvalue weighted by molar-refractivity contribution is 0.904. The molecule has 0 fully saturated rings. The van der Waals surface area contributed by atoms with E-state index in [9.17, 15) is 0 Å². The molecule has 1 aromatic rings. The van der Waals surface area contributed by atoms with Crippen LogP contribution in [0.3, 0.4) is 0 Å². The third-order valence-corrected chi connectivity index (χ3v) is 2.81. The molecule has 16 heavy (non-hydrogen) atoms. The van der Waals surface area contributed by atoms with Crippen molar-refractivity contribution in [2.75, 3.05) is 12.8 Å². The van der Waals surface area contributed by atoms with E-state index in [0.29, 0.717) is 5.11 Å². The SMILES string of the molecule is CCNC(=S)N/N=C\c1ccc(SC)cc1. The number of thioether (sulfide) groups is 1. The quantitative estimate of drug-likeness (QED) is 0.373. The third-order valence-electron chi connectivity index (χ3n) is 1.83. The largest absolute Gasteiger partial charge is 0.362 e. The Bertz CT molecular complexity index is 360. The molecule has 0 bridgehead atoms. The number of thiocarbonyl (C=S) groups is 1. The molecule has 3 nitrogen and oxygen atoms in total. The normalized spacial score (nSPS) is 10.4. The molecule has 0 atom stereocenters. The van der Waals surface area contributed by atoms with Crippen molar-refractivity contribution < 1.29 is 0 Å². The van der Waals surface area contributed by atoms with Crippen molar-refractivity contribution in [3.05, 3.63) is 29.8 Å². The fourth-order valence-electron chi connectivity index (χ4n) is 1.06. The second-order valence-electron chi connectivity index (χ2n) is 3.00. The Hall–Kier alpha value is -1.07. The average Bonchev–Trinajstić information content (AvgIpc) is 2.30. The first-order valence-corrected chi connectivity index (χ1v) is 6.60. The topological polar surface area (TPSA) is 36.4 Å². The minimum absolute atomic E-state index is 0.541. The van der Waals surface area contributed by atoms with Gasteiger partial charge in [0.15, 0.2) is 5.11 Å². The maximum Gasteiger partial charge on any atom is 0.186 e. The molecule has 0 aliphatic heterocycles. The van der Waals surface area contributed by atoms with Crippen molar-refractivity contribution in [2.24, 2.45) is 5.10 Å². The highest BCUT2D eigenvalue weighted by Gasteiger charge is 1.91. The van der Waals surface area contributed by atoms with Gasteiger partial charge >= 0.3 is 0 Å². The molecular weight excluding hydrogens is 238 g/mol. The van der Waals surface area contributed by atoms with Gasteiger partial charge in [0.1, 0.15) is 0 Å². The molecule has 5 heteroatoms. The lowest BCUT2D eigenvalue weighted by Gasteiger charge is -2.02. The Balaban J connectivity index is 2.46.